The number of hydrogen-bond donors (Lipinski definition) is 1. The van der Waals surface area contributed by atoms with E-state index in [9.17, 15) is 0 Å². The molecule has 0 radical (unpaired) electrons. The van der Waals surface area contributed by atoms with Crippen molar-refractivity contribution >= 4 is 27.4 Å². The molecular weight excluding hydrogens is 342 g/mol. The van der Waals surface area contributed by atoms with Gasteiger partial charge in [0.25, 0.3) is 0 Å². The van der Waals surface area contributed by atoms with Gasteiger partial charge in [0.15, 0.2) is 0 Å². The largest absolute Gasteiger partial charge is 0.367 e. The van der Waals surface area contributed by atoms with Crippen molar-refractivity contribution in [3.05, 3.63) is 46.9 Å². The number of aryl methyl sites for hydroxylation is 2. The molecule has 1 N–H and O–H groups in total. The van der Waals surface area contributed by atoms with E-state index in [1.54, 1.807) is 6.33 Å². The summed E-state index contributed by atoms with van der Waals surface area (Å²) in [5.74, 6) is 1.05. The van der Waals surface area contributed by atoms with E-state index < -0.39 is 0 Å². The SMILES string of the molecule is c1ccc(CN2CCC(Nc3ncnc4sc5c(c34)CCC5)CC2)nc1. The fourth-order valence-corrected chi connectivity index (χ4v) is 5.42. The van der Waals surface area contributed by atoms with Crippen molar-refractivity contribution in [3.8, 4) is 0 Å². The third-order valence-corrected chi connectivity index (χ3v) is 6.74. The van der Waals surface area contributed by atoms with E-state index in [-0.39, 0.29) is 0 Å². The van der Waals surface area contributed by atoms with Crippen LogP contribution in [0.1, 0.15) is 35.4 Å². The number of thiophene rings is 1. The predicted molar refractivity (Wildman–Crippen MR) is 106 cm³/mol. The highest BCUT2D eigenvalue weighted by Gasteiger charge is 2.24. The second-order valence-electron chi connectivity index (χ2n) is 7.28. The number of fused-ring (bicyclic) bond motifs is 3. The zero-order chi connectivity index (χ0) is 17.3. The van der Waals surface area contributed by atoms with E-state index >= 15 is 0 Å². The Hall–Kier alpha value is -2.05. The Bertz CT molecular complexity index is 899. The maximum Gasteiger partial charge on any atom is 0.138 e. The van der Waals surface area contributed by atoms with Crippen LogP contribution in [0.25, 0.3) is 10.2 Å². The van der Waals surface area contributed by atoms with Gasteiger partial charge in [-0.3, -0.25) is 9.88 Å². The Labute approximate surface area is 157 Å². The van der Waals surface area contributed by atoms with E-state index in [0.29, 0.717) is 6.04 Å². The average molecular weight is 366 g/mol. The van der Waals surface area contributed by atoms with Crippen LogP contribution < -0.4 is 5.32 Å². The number of rotatable bonds is 4. The van der Waals surface area contributed by atoms with Crippen molar-refractivity contribution < 1.29 is 0 Å². The van der Waals surface area contributed by atoms with Crippen LogP contribution in [0.5, 0.6) is 0 Å². The first-order chi connectivity index (χ1) is 12.9. The molecule has 2 aliphatic rings. The zero-order valence-corrected chi connectivity index (χ0v) is 15.6. The predicted octanol–water partition coefficient (Wildman–Crippen LogP) is 3.65. The molecule has 0 spiro atoms. The maximum absolute atomic E-state index is 4.60. The topological polar surface area (TPSA) is 53.9 Å². The van der Waals surface area contributed by atoms with Crippen LogP contribution >= 0.6 is 11.3 Å². The lowest BCUT2D eigenvalue weighted by molar-refractivity contribution is 0.209. The molecule has 1 aliphatic heterocycles. The first-order valence-corrected chi connectivity index (χ1v) is 10.3. The molecule has 0 amide bonds. The van der Waals surface area contributed by atoms with Crippen molar-refractivity contribution in [2.75, 3.05) is 18.4 Å². The number of anilines is 1. The molecule has 134 valence electrons. The summed E-state index contributed by atoms with van der Waals surface area (Å²) in [5, 5.41) is 5.03. The van der Waals surface area contributed by atoms with Crippen molar-refractivity contribution in [2.24, 2.45) is 0 Å². The Morgan fingerprint density at radius 2 is 2.04 bits per heavy atom. The Morgan fingerprint density at radius 1 is 1.12 bits per heavy atom. The number of likely N-dealkylation sites (tertiary alicyclic amines) is 1. The molecule has 6 heteroatoms. The first-order valence-electron chi connectivity index (χ1n) is 9.51. The van der Waals surface area contributed by atoms with Crippen LogP contribution in [0.3, 0.4) is 0 Å². The molecule has 0 aromatic carbocycles. The van der Waals surface area contributed by atoms with Gasteiger partial charge in [-0.1, -0.05) is 6.07 Å². The Morgan fingerprint density at radius 3 is 2.88 bits per heavy atom. The molecule has 3 aromatic rings. The van der Waals surface area contributed by atoms with Crippen LogP contribution in [0, 0.1) is 0 Å². The zero-order valence-electron chi connectivity index (χ0n) is 14.8. The molecule has 0 bridgehead atoms. The lowest BCUT2D eigenvalue weighted by Gasteiger charge is -2.32. The molecule has 1 saturated heterocycles. The van der Waals surface area contributed by atoms with Gasteiger partial charge in [-0.15, -0.1) is 11.3 Å². The molecule has 0 atom stereocenters. The molecule has 0 unspecified atom stereocenters. The van der Waals surface area contributed by atoms with Crippen molar-refractivity contribution in [1.29, 1.82) is 0 Å². The van der Waals surface area contributed by atoms with Gasteiger partial charge >= 0.3 is 0 Å². The van der Waals surface area contributed by atoms with Crippen LogP contribution in [-0.2, 0) is 19.4 Å². The minimum Gasteiger partial charge on any atom is -0.367 e. The first kappa shape index (κ1) is 16.1. The van der Waals surface area contributed by atoms with Gasteiger partial charge in [0.2, 0.25) is 0 Å². The third-order valence-electron chi connectivity index (χ3n) is 5.54. The van der Waals surface area contributed by atoms with Gasteiger partial charge < -0.3 is 5.32 Å². The van der Waals surface area contributed by atoms with Crippen molar-refractivity contribution in [2.45, 2.75) is 44.7 Å². The highest BCUT2D eigenvalue weighted by molar-refractivity contribution is 7.19. The molecule has 5 rings (SSSR count). The molecule has 26 heavy (non-hydrogen) atoms. The van der Waals surface area contributed by atoms with Crippen LogP contribution in [0.4, 0.5) is 5.82 Å². The Kier molecular flexibility index (Phi) is 4.30. The summed E-state index contributed by atoms with van der Waals surface area (Å²) in [7, 11) is 0. The average Bonchev–Trinajstić information content (AvgIpc) is 3.25. The summed E-state index contributed by atoms with van der Waals surface area (Å²) in [6.07, 6.45) is 9.55. The van der Waals surface area contributed by atoms with Gasteiger partial charge in [0.1, 0.15) is 17.0 Å². The van der Waals surface area contributed by atoms with E-state index in [4.69, 9.17) is 0 Å². The number of nitrogens with one attached hydrogen (secondary N) is 1. The normalized spacial score (nSPS) is 18.3. The summed E-state index contributed by atoms with van der Waals surface area (Å²) in [5.41, 5.74) is 2.66. The second kappa shape index (κ2) is 6.93. The quantitative estimate of drug-likeness (QED) is 0.765. The van der Waals surface area contributed by atoms with Gasteiger partial charge in [-0.05, 0) is 49.8 Å². The van der Waals surface area contributed by atoms with Gasteiger partial charge in [0, 0.05) is 36.8 Å². The number of piperidine rings is 1. The molecule has 1 fully saturated rings. The highest BCUT2D eigenvalue weighted by Crippen LogP contribution is 2.39. The van der Waals surface area contributed by atoms with Gasteiger partial charge in [-0.2, -0.15) is 0 Å². The van der Waals surface area contributed by atoms with Gasteiger partial charge in [0.05, 0.1) is 11.1 Å². The highest BCUT2D eigenvalue weighted by atomic mass is 32.1. The summed E-state index contributed by atoms with van der Waals surface area (Å²) in [4.78, 5) is 18.7. The van der Waals surface area contributed by atoms with Gasteiger partial charge in [-0.25, -0.2) is 9.97 Å². The number of aromatic nitrogens is 3. The Balaban J connectivity index is 1.26. The molecule has 0 saturated carbocycles. The van der Waals surface area contributed by atoms with Crippen LogP contribution in [0.15, 0.2) is 30.7 Å². The standard InChI is InChI=1S/C20H23N5S/c1-2-9-21-15(4-1)12-25-10-7-14(8-11-25)24-19-18-16-5-3-6-17(16)26-20(18)23-13-22-19/h1-2,4,9,13-14H,3,5-8,10-12H2,(H,22,23,24). The monoisotopic (exact) mass is 365 g/mol. The van der Waals surface area contributed by atoms with Crippen molar-refractivity contribution in [3.63, 3.8) is 0 Å². The summed E-state index contributed by atoms with van der Waals surface area (Å²) in [6.45, 7) is 3.15. The second-order valence-corrected chi connectivity index (χ2v) is 8.36. The summed E-state index contributed by atoms with van der Waals surface area (Å²) in [6, 6.07) is 6.64. The maximum atomic E-state index is 4.60. The van der Waals surface area contributed by atoms with E-state index in [2.05, 4.69) is 37.3 Å². The number of hydrogen-bond acceptors (Lipinski definition) is 6. The number of pyridine rings is 1. The lowest BCUT2D eigenvalue weighted by Crippen LogP contribution is -2.39. The minimum atomic E-state index is 0.491. The summed E-state index contributed by atoms with van der Waals surface area (Å²) >= 11 is 1.86. The fraction of sp³-hybridized carbons (Fsp3) is 0.450. The fourth-order valence-electron chi connectivity index (χ4n) is 4.19. The molecule has 1 aliphatic carbocycles. The van der Waals surface area contributed by atoms with Crippen LogP contribution in [0.2, 0.25) is 0 Å². The van der Waals surface area contributed by atoms with Crippen molar-refractivity contribution in [1.82, 2.24) is 19.9 Å². The lowest BCUT2D eigenvalue weighted by atomic mass is 10.0. The molecule has 4 heterocycles. The van der Waals surface area contributed by atoms with E-state index in [1.165, 1.54) is 35.1 Å². The van der Waals surface area contributed by atoms with E-state index in [0.717, 1.165) is 48.8 Å². The minimum absolute atomic E-state index is 0.491. The summed E-state index contributed by atoms with van der Waals surface area (Å²) < 4.78 is 0. The molecule has 5 nitrogen and oxygen atoms in total. The third kappa shape index (κ3) is 3.08. The smallest absolute Gasteiger partial charge is 0.138 e. The molecule has 3 aromatic heterocycles. The van der Waals surface area contributed by atoms with Crippen LogP contribution in [-0.4, -0.2) is 39.0 Å². The van der Waals surface area contributed by atoms with E-state index in [1.807, 2.05) is 23.6 Å². The number of nitrogens with zero attached hydrogens (tertiary/aromatic N) is 4. The molecular formula is C20H23N5S.